The molecule has 0 saturated heterocycles. The Hall–Kier alpha value is -4.04. The number of amides is 1. The van der Waals surface area contributed by atoms with Gasteiger partial charge in [-0.2, -0.15) is 0 Å². The topological polar surface area (TPSA) is 105 Å². The first-order valence-corrected chi connectivity index (χ1v) is 17.2. The molecule has 0 unspecified atom stereocenters. The van der Waals surface area contributed by atoms with Gasteiger partial charge >= 0.3 is 0 Å². The molecule has 0 aliphatic carbocycles. The number of anilines is 1. The van der Waals surface area contributed by atoms with Crippen LogP contribution in [0.5, 0.6) is 11.5 Å². The number of aromatic hydroxyl groups is 1. The molecule has 0 aliphatic rings. The Bertz CT molecular complexity index is 1750. The van der Waals surface area contributed by atoms with E-state index in [0.717, 1.165) is 18.6 Å². The predicted octanol–water partition coefficient (Wildman–Crippen LogP) is 8.31. The summed E-state index contributed by atoms with van der Waals surface area (Å²) in [5.74, 6) is 0.0458. The van der Waals surface area contributed by atoms with E-state index in [4.69, 9.17) is 4.74 Å². The Morgan fingerprint density at radius 2 is 1.51 bits per heavy atom. The number of benzene rings is 4. The average molecular weight is 631 g/mol. The van der Waals surface area contributed by atoms with Crippen LogP contribution in [0.4, 0.5) is 5.69 Å². The fourth-order valence-corrected chi connectivity index (χ4v) is 6.23. The van der Waals surface area contributed by atoms with Gasteiger partial charge in [0.25, 0.3) is 15.9 Å². The summed E-state index contributed by atoms with van der Waals surface area (Å²) in [6, 6.07) is 23.0. The van der Waals surface area contributed by atoms with Crippen LogP contribution in [-0.2, 0) is 20.9 Å². The van der Waals surface area contributed by atoms with Gasteiger partial charge in [-0.15, -0.1) is 0 Å². The highest BCUT2D eigenvalue weighted by Crippen LogP contribution is 2.39. The van der Waals surface area contributed by atoms with E-state index in [1.54, 1.807) is 48.5 Å². The average Bonchev–Trinajstić information content (AvgIpc) is 3.03. The minimum Gasteiger partial charge on any atom is -0.506 e. The molecule has 0 bridgehead atoms. The molecule has 0 heterocycles. The first-order valence-electron chi connectivity index (χ1n) is 15.7. The van der Waals surface area contributed by atoms with Crippen LogP contribution in [0.25, 0.3) is 10.8 Å². The molecule has 0 spiro atoms. The van der Waals surface area contributed by atoms with Crippen LogP contribution in [0.2, 0.25) is 0 Å². The molecule has 8 heteroatoms. The Labute approximate surface area is 268 Å². The lowest BCUT2D eigenvalue weighted by atomic mass is 9.76. The largest absolute Gasteiger partial charge is 0.506 e. The summed E-state index contributed by atoms with van der Waals surface area (Å²) in [5.41, 5.74) is 2.44. The maximum Gasteiger partial charge on any atom is 0.261 e. The molecule has 240 valence electrons. The molecule has 4 aromatic carbocycles. The monoisotopic (exact) mass is 630 g/mol. The molecule has 0 radical (unpaired) electrons. The van der Waals surface area contributed by atoms with Gasteiger partial charge in [0.2, 0.25) is 0 Å². The number of nitrogens with one attached hydrogen (secondary N) is 2. The zero-order chi connectivity index (χ0) is 32.8. The van der Waals surface area contributed by atoms with E-state index in [1.165, 1.54) is 23.3 Å². The first kappa shape index (κ1) is 33.8. The maximum absolute atomic E-state index is 13.4. The fourth-order valence-electron chi connectivity index (χ4n) is 5.14. The summed E-state index contributed by atoms with van der Waals surface area (Å²) in [4.78, 5) is 13.4. The Kier molecular flexibility index (Phi) is 10.5. The van der Waals surface area contributed by atoms with Crippen molar-refractivity contribution < 1.29 is 23.1 Å². The fraction of sp³-hybridized carbons (Fsp3) is 0.378. The van der Waals surface area contributed by atoms with Crippen molar-refractivity contribution in [1.82, 2.24) is 5.32 Å². The van der Waals surface area contributed by atoms with E-state index in [2.05, 4.69) is 69.8 Å². The van der Waals surface area contributed by atoms with Crippen molar-refractivity contribution in [2.75, 3.05) is 17.9 Å². The number of hydrogen-bond donors (Lipinski definition) is 3. The number of sulfonamides is 1. The van der Waals surface area contributed by atoms with Crippen molar-refractivity contribution in [3.8, 4) is 11.5 Å². The number of phenolic OH excluding ortho intramolecular Hbond substituents is 1. The van der Waals surface area contributed by atoms with E-state index >= 15 is 0 Å². The first-order chi connectivity index (χ1) is 21.3. The second-order valence-corrected chi connectivity index (χ2v) is 14.5. The molecular formula is C37H46N2O5S. The third kappa shape index (κ3) is 7.79. The van der Waals surface area contributed by atoms with Crippen LogP contribution in [0.1, 0.15) is 88.7 Å². The summed E-state index contributed by atoms with van der Waals surface area (Å²) in [6.07, 6.45) is 3.36. The highest BCUT2D eigenvalue weighted by molar-refractivity contribution is 7.92. The van der Waals surface area contributed by atoms with E-state index in [9.17, 15) is 18.3 Å². The zero-order valence-corrected chi connectivity index (χ0v) is 28.1. The molecule has 0 fully saturated rings. The van der Waals surface area contributed by atoms with E-state index in [-0.39, 0.29) is 32.7 Å². The number of hydrogen-bond acceptors (Lipinski definition) is 5. The van der Waals surface area contributed by atoms with Crippen molar-refractivity contribution in [1.29, 1.82) is 0 Å². The molecule has 0 aromatic heterocycles. The Morgan fingerprint density at radius 1 is 0.844 bits per heavy atom. The maximum atomic E-state index is 13.4. The summed E-state index contributed by atoms with van der Waals surface area (Å²) in [5, 5.41) is 15.0. The molecule has 4 aromatic rings. The molecule has 4 rings (SSSR count). The van der Waals surface area contributed by atoms with Gasteiger partial charge in [-0.25, -0.2) is 8.42 Å². The third-order valence-electron chi connectivity index (χ3n) is 8.92. The number of unbranched alkanes of at least 4 members (excludes halogenated alkanes) is 1. The van der Waals surface area contributed by atoms with Crippen LogP contribution in [0, 0.1) is 0 Å². The molecule has 0 atom stereocenters. The standard InChI is InChI=1S/C37H46N2O5S/c1-7-36(3,4)27-20-21-32(30(25-27)37(5,6)8-2)44-23-15-14-22-38-35(41)33-31(24-26-16-12-13-19-29(26)34(33)40)39-45(42,43)28-17-10-9-11-18-28/h9-13,16-21,24-25,39-40H,7-8,14-15,22-23H2,1-6H3,(H,38,41). The summed E-state index contributed by atoms with van der Waals surface area (Å²) >= 11 is 0. The lowest BCUT2D eigenvalue weighted by Crippen LogP contribution is -2.27. The highest BCUT2D eigenvalue weighted by atomic mass is 32.2. The summed E-state index contributed by atoms with van der Waals surface area (Å²) in [6.45, 7) is 14.2. The predicted molar refractivity (Wildman–Crippen MR) is 183 cm³/mol. The van der Waals surface area contributed by atoms with Crippen molar-refractivity contribution in [3.05, 3.63) is 95.6 Å². The number of carbonyl (C=O) groups is 1. The number of rotatable bonds is 14. The zero-order valence-electron chi connectivity index (χ0n) is 27.2. The molecule has 7 nitrogen and oxygen atoms in total. The number of fused-ring (bicyclic) bond motifs is 1. The third-order valence-corrected chi connectivity index (χ3v) is 10.3. The van der Waals surface area contributed by atoms with Gasteiger partial charge in [0, 0.05) is 17.5 Å². The minimum atomic E-state index is -4.00. The number of phenols is 1. The normalized spacial score (nSPS) is 12.2. The van der Waals surface area contributed by atoms with Gasteiger partial charge in [-0.1, -0.05) is 96.1 Å². The molecule has 0 aliphatic heterocycles. The highest BCUT2D eigenvalue weighted by Gasteiger charge is 2.27. The SMILES string of the molecule is CCC(C)(C)c1ccc(OCCCCNC(=O)c2c(NS(=O)(=O)c3ccccc3)cc3ccccc3c2O)c(C(C)(C)CC)c1. The number of carbonyl (C=O) groups excluding carboxylic acids is 1. The molecule has 3 N–H and O–H groups in total. The Morgan fingerprint density at radius 3 is 2.20 bits per heavy atom. The van der Waals surface area contributed by atoms with Crippen molar-refractivity contribution in [3.63, 3.8) is 0 Å². The van der Waals surface area contributed by atoms with Crippen LogP contribution >= 0.6 is 0 Å². The smallest absolute Gasteiger partial charge is 0.261 e. The van der Waals surface area contributed by atoms with Gasteiger partial charge in [0.05, 0.1) is 17.2 Å². The van der Waals surface area contributed by atoms with Gasteiger partial charge in [0.1, 0.15) is 17.1 Å². The van der Waals surface area contributed by atoms with E-state index in [0.29, 0.717) is 36.8 Å². The van der Waals surface area contributed by atoms with Crippen molar-refractivity contribution in [2.45, 2.75) is 83.0 Å². The summed E-state index contributed by atoms with van der Waals surface area (Å²) in [7, 11) is -4.00. The van der Waals surface area contributed by atoms with Crippen LogP contribution in [-0.4, -0.2) is 32.6 Å². The van der Waals surface area contributed by atoms with Crippen LogP contribution in [0.3, 0.4) is 0 Å². The van der Waals surface area contributed by atoms with Crippen molar-refractivity contribution >= 4 is 32.4 Å². The molecule has 0 saturated carbocycles. The second-order valence-electron chi connectivity index (χ2n) is 12.8. The van der Waals surface area contributed by atoms with Crippen LogP contribution < -0.4 is 14.8 Å². The quantitative estimate of drug-likeness (QED) is 0.122. The summed E-state index contributed by atoms with van der Waals surface area (Å²) < 4.78 is 35.0. The van der Waals surface area contributed by atoms with E-state index in [1.807, 2.05) is 0 Å². The van der Waals surface area contributed by atoms with Crippen LogP contribution in [0.15, 0.2) is 83.8 Å². The Balaban J connectivity index is 1.44. The minimum absolute atomic E-state index is 0.0108. The number of ether oxygens (including phenoxy) is 1. The molecule has 1 amide bonds. The van der Waals surface area contributed by atoms with E-state index < -0.39 is 15.9 Å². The van der Waals surface area contributed by atoms with Gasteiger partial charge < -0.3 is 15.2 Å². The molecular weight excluding hydrogens is 584 g/mol. The lowest BCUT2D eigenvalue weighted by Gasteiger charge is -2.30. The lowest BCUT2D eigenvalue weighted by molar-refractivity contribution is 0.0951. The van der Waals surface area contributed by atoms with Gasteiger partial charge in [-0.05, 0) is 71.7 Å². The van der Waals surface area contributed by atoms with Gasteiger partial charge in [0.15, 0.2) is 0 Å². The molecule has 45 heavy (non-hydrogen) atoms. The van der Waals surface area contributed by atoms with Crippen molar-refractivity contribution in [2.24, 2.45) is 0 Å². The second kappa shape index (κ2) is 13.9. The van der Waals surface area contributed by atoms with Gasteiger partial charge in [-0.3, -0.25) is 9.52 Å².